The van der Waals surface area contributed by atoms with E-state index in [0.717, 1.165) is 5.56 Å². The maximum Gasteiger partial charge on any atom is 0.330 e. The van der Waals surface area contributed by atoms with E-state index in [1.165, 1.54) is 9.47 Å². The summed E-state index contributed by atoms with van der Waals surface area (Å²) in [7, 11) is 0. The molecule has 0 aliphatic heterocycles. The van der Waals surface area contributed by atoms with E-state index in [1.807, 2.05) is 43.3 Å². The van der Waals surface area contributed by atoms with Crippen LogP contribution >= 0.6 is 11.6 Å². The van der Waals surface area contributed by atoms with Crippen LogP contribution in [-0.4, -0.2) is 22.0 Å². The predicted octanol–water partition coefficient (Wildman–Crippen LogP) is 3.93. The molecular formula is C24H23ClN4O4. The highest BCUT2D eigenvalue weighted by Crippen LogP contribution is 2.32. The number of carbonyl (C=O) groups excluding carboxylic acids is 1. The second kappa shape index (κ2) is 8.99. The summed E-state index contributed by atoms with van der Waals surface area (Å²) in [5.41, 5.74) is 6.65. The van der Waals surface area contributed by atoms with Crippen molar-refractivity contribution in [3.8, 4) is 0 Å². The van der Waals surface area contributed by atoms with Gasteiger partial charge in [-0.15, -0.1) is 0 Å². The molecule has 2 aromatic carbocycles. The lowest BCUT2D eigenvalue weighted by Gasteiger charge is -2.23. The van der Waals surface area contributed by atoms with Gasteiger partial charge in [0.1, 0.15) is 5.82 Å². The second-order valence-corrected chi connectivity index (χ2v) is 8.10. The molecule has 0 unspecified atom stereocenters. The molecule has 0 bridgehead atoms. The minimum Gasteiger partial charge on any atom is -0.449 e. The lowest BCUT2D eigenvalue weighted by atomic mass is 10.1. The number of nitrogen functional groups attached to an aromatic ring is 1. The van der Waals surface area contributed by atoms with Gasteiger partial charge in [-0.2, -0.15) is 0 Å². The van der Waals surface area contributed by atoms with E-state index in [0.29, 0.717) is 28.0 Å². The molecule has 1 amide bonds. The van der Waals surface area contributed by atoms with Crippen LogP contribution in [0.15, 0.2) is 62.5 Å². The molecule has 2 heterocycles. The molecule has 0 aliphatic carbocycles. The van der Waals surface area contributed by atoms with Crippen molar-refractivity contribution in [3.63, 3.8) is 0 Å². The van der Waals surface area contributed by atoms with Gasteiger partial charge in [-0.05, 0) is 25.0 Å². The average Bonchev–Trinajstić information content (AvgIpc) is 3.14. The first kappa shape index (κ1) is 22.4. The van der Waals surface area contributed by atoms with Crippen molar-refractivity contribution in [1.82, 2.24) is 9.55 Å². The first-order valence-corrected chi connectivity index (χ1v) is 10.9. The van der Waals surface area contributed by atoms with Crippen molar-refractivity contribution in [1.29, 1.82) is 0 Å². The van der Waals surface area contributed by atoms with Gasteiger partial charge in [0.05, 0.1) is 11.6 Å². The van der Waals surface area contributed by atoms with Crippen molar-refractivity contribution in [3.05, 3.63) is 91.3 Å². The minimum atomic E-state index is -0.740. The number of benzene rings is 2. The van der Waals surface area contributed by atoms with Crippen LogP contribution in [0, 0.1) is 6.92 Å². The van der Waals surface area contributed by atoms with Crippen LogP contribution in [0.2, 0.25) is 5.02 Å². The molecule has 9 heteroatoms. The van der Waals surface area contributed by atoms with Crippen molar-refractivity contribution in [2.45, 2.75) is 26.8 Å². The zero-order valence-corrected chi connectivity index (χ0v) is 19.0. The SMILES string of the molecule is CCCN(C(=O)c1oc2c(Cl)cccc2c1C)c1c(N)n(Cc2ccccc2)c(=O)[nH]c1=O. The predicted molar refractivity (Wildman–Crippen MR) is 129 cm³/mol. The van der Waals surface area contributed by atoms with Gasteiger partial charge in [-0.3, -0.25) is 24.0 Å². The molecule has 3 N–H and O–H groups in total. The Morgan fingerprint density at radius 2 is 1.88 bits per heavy atom. The maximum absolute atomic E-state index is 13.6. The zero-order chi connectivity index (χ0) is 23.7. The van der Waals surface area contributed by atoms with Gasteiger partial charge >= 0.3 is 5.69 Å². The van der Waals surface area contributed by atoms with Gasteiger partial charge in [-0.25, -0.2) is 4.79 Å². The molecule has 4 aromatic rings. The number of hydrogen-bond donors (Lipinski definition) is 2. The molecule has 0 saturated carbocycles. The summed E-state index contributed by atoms with van der Waals surface area (Å²) in [6.07, 6.45) is 0.544. The molecule has 0 saturated heterocycles. The van der Waals surface area contributed by atoms with Crippen molar-refractivity contribution in [2.75, 3.05) is 17.2 Å². The number of para-hydroxylation sites is 1. The summed E-state index contributed by atoms with van der Waals surface area (Å²) in [5, 5.41) is 1.09. The Balaban J connectivity index is 1.85. The summed E-state index contributed by atoms with van der Waals surface area (Å²) in [4.78, 5) is 42.5. The van der Waals surface area contributed by atoms with Gasteiger partial charge in [-0.1, -0.05) is 61.0 Å². The fourth-order valence-electron chi connectivity index (χ4n) is 3.84. The fraction of sp³-hybridized carbons (Fsp3) is 0.208. The van der Waals surface area contributed by atoms with Crippen molar-refractivity contribution >= 4 is 40.0 Å². The summed E-state index contributed by atoms with van der Waals surface area (Å²) < 4.78 is 7.07. The Morgan fingerprint density at radius 1 is 1.15 bits per heavy atom. The number of aryl methyl sites for hydroxylation is 1. The fourth-order valence-corrected chi connectivity index (χ4v) is 4.05. The molecule has 0 radical (unpaired) electrons. The van der Waals surface area contributed by atoms with E-state index < -0.39 is 17.2 Å². The van der Waals surface area contributed by atoms with Crippen molar-refractivity contribution < 1.29 is 9.21 Å². The number of aromatic amines is 1. The molecule has 170 valence electrons. The molecule has 0 aliphatic rings. The van der Waals surface area contributed by atoms with Crippen LogP contribution in [0.5, 0.6) is 0 Å². The Morgan fingerprint density at radius 3 is 2.55 bits per heavy atom. The number of aromatic nitrogens is 2. The smallest absolute Gasteiger partial charge is 0.330 e. The van der Waals surface area contributed by atoms with Crippen LogP contribution in [0.4, 0.5) is 11.5 Å². The third-order valence-electron chi connectivity index (χ3n) is 5.47. The minimum absolute atomic E-state index is 0.0613. The number of hydrogen-bond acceptors (Lipinski definition) is 5. The Hall–Kier alpha value is -3.78. The van der Waals surface area contributed by atoms with E-state index in [9.17, 15) is 14.4 Å². The van der Waals surface area contributed by atoms with E-state index in [4.69, 9.17) is 21.8 Å². The van der Waals surface area contributed by atoms with Gasteiger partial charge in [0, 0.05) is 17.5 Å². The molecule has 4 rings (SSSR count). The standard InChI is InChI=1S/C24H23ClN4O4/c1-3-12-28(23(31)19-14(2)16-10-7-11-17(25)20(16)33-19)18-21(26)29(24(32)27-22(18)30)13-15-8-5-4-6-9-15/h4-11H,3,12-13,26H2,1-2H3,(H,27,30,32). The molecule has 0 spiro atoms. The van der Waals surface area contributed by atoms with Crippen LogP contribution in [0.1, 0.15) is 35.0 Å². The largest absolute Gasteiger partial charge is 0.449 e. The highest BCUT2D eigenvalue weighted by Gasteiger charge is 2.29. The second-order valence-electron chi connectivity index (χ2n) is 7.69. The Labute approximate surface area is 194 Å². The van der Waals surface area contributed by atoms with E-state index in [-0.39, 0.29) is 30.4 Å². The number of rotatable bonds is 6. The van der Waals surface area contributed by atoms with Gasteiger partial charge < -0.3 is 10.2 Å². The summed E-state index contributed by atoms with van der Waals surface area (Å²) in [6.45, 7) is 3.96. The number of carbonyl (C=O) groups is 1. The van der Waals surface area contributed by atoms with Crippen LogP contribution in [-0.2, 0) is 6.54 Å². The number of furan rings is 1. The number of anilines is 2. The summed E-state index contributed by atoms with van der Waals surface area (Å²) in [6, 6.07) is 14.5. The van der Waals surface area contributed by atoms with Crippen LogP contribution in [0.25, 0.3) is 11.0 Å². The van der Waals surface area contributed by atoms with Gasteiger partial charge in [0.25, 0.3) is 11.5 Å². The molecule has 0 atom stereocenters. The van der Waals surface area contributed by atoms with E-state index >= 15 is 0 Å². The Bertz CT molecular complexity index is 1450. The van der Waals surface area contributed by atoms with Crippen molar-refractivity contribution in [2.24, 2.45) is 0 Å². The summed E-state index contributed by atoms with van der Waals surface area (Å²) in [5.74, 6) is -0.573. The molecule has 2 aromatic heterocycles. The monoisotopic (exact) mass is 466 g/mol. The number of nitrogens with one attached hydrogen (secondary N) is 1. The lowest BCUT2D eigenvalue weighted by molar-refractivity contribution is 0.0961. The first-order valence-electron chi connectivity index (χ1n) is 10.5. The third-order valence-corrected chi connectivity index (χ3v) is 5.77. The topological polar surface area (TPSA) is 114 Å². The third kappa shape index (κ3) is 4.05. The number of nitrogens with two attached hydrogens (primary N) is 1. The lowest BCUT2D eigenvalue weighted by Crippen LogP contribution is -2.41. The summed E-state index contributed by atoms with van der Waals surface area (Å²) >= 11 is 6.24. The molecule has 0 fully saturated rings. The Kier molecular flexibility index (Phi) is 6.11. The first-order chi connectivity index (χ1) is 15.8. The number of nitrogens with zero attached hydrogens (tertiary/aromatic N) is 2. The number of H-pyrrole nitrogens is 1. The number of fused-ring (bicyclic) bond motifs is 1. The highest BCUT2D eigenvalue weighted by molar-refractivity contribution is 6.35. The molecule has 33 heavy (non-hydrogen) atoms. The average molecular weight is 467 g/mol. The zero-order valence-electron chi connectivity index (χ0n) is 18.2. The quantitative estimate of drug-likeness (QED) is 0.446. The van der Waals surface area contributed by atoms with Crippen LogP contribution < -0.4 is 21.9 Å². The number of amides is 1. The van der Waals surface area contributed by atoms with Crippen LogP contribution in [0.3, 0.4) is 0 Å². The number of halogens is 1. The van der Waals surface area contributed by atoms with E-state index in [1.54, 1.807) is 19.1 Å². The van der Waals surface area contributed by atoms with Gasteiger partial charge in [0.15, 0.2) is 17.0 Å². The van der Waals surface area contributed by atoms with Gasteiger partial charge in [0.2, 0.25) is 0 Å². The van der Waals surface area contributed by atoms with E-state index in [2.05, 4.69) is 4.98 Å². The molecule has 8 nitrogen and oxygen atoms in total. The highest BCUT2D eigenvalue weighted by atomic mass is 35.5. The molecular weight excluding hydrogens is 444 g/mol. The maximum atomic E-state index is 13.6. The normalized spacial score (nSPS) is 11.1.